The van der Waals surface area contributed by atoms with Gasteiger partial charge in [0.15, 0.2) is 0 Å². The molecule has 0 aliphatic heterocycles. The van der Waals surface area contributed by atoms with Crippen molar-refractivity contribution in [1.82, 2.24) is 0 Å². The Hall–Kier alpha value is 0.335. The Morgan fingerprint density at radius 2 is 1.64 bits per heavy atom. The zero-order chi connectivity index (χ0) is 8.57. The molecule has 0 saturated carbocycles. The third-order valence-corrected chi connectivity index (χ3v) is 0.709. The van der Waals surface area contributed by atoms with Gasteiger partial charge < -0.3 is 18.0 Å². The summed E-state index contributed by atoms with van der Waals surface area (Å²) in [6.45, 7) is 5.60. The fraction of sp³-hybridized carbons (Fsp3) is 0.700. The Morgan fingerprint density at radius 1 is 1.36 bits per heavy atom. The summed E-state index contributed by atoms with van der Waals surface area (Å²) >= 11 is 0. The van der Waals surface area contributed by atoms with E-state index in [-0.39, 0.29) is 70.2 Å². The van der Waals surface area contributed by atoms with Crippen LogP contribution in [0, 0.1) is 48.9 Å². The molecule has 87 valence electrons. The monoisotopic (exact) mass is 330 g/mol. The van der Waals surface area contributed by atoms with E-state index in [0.717, 1.165) is 0 Å². The normalized spacial score (nSPS) is 7.64. The van der Waals surface area contributed by atoms with Crippen LogP contribution in [0.1, 0.15) is 42.0 Å². The summed E-state index contributed by atoms with van der Waals surface area (Å²) in [7, 11) is 0. The number of primary amides is 1. The van der Waals surface area contributed by atoms with Gasteiger partial charge in [-0.1, -0.05) is 35.6 Å². The summed E-state index contributed by atoms with van der Waals surface area (Å²) < 4.78 is 0. The van der Waals surface area contributed by atoms with E-state index in [1.54, 1.807) is 13.2 Å². The first-order valence-corrected chi connectivity index (χ1v) is 3.32. The molecule has 0 bridgehead atoms. The van der Waals surface area contributed by atoms with Crippen LogP contribution in [0.2, 0.25) is 0 Å². The molecule has 0 aromatic carbocycles. The first-order chi connectivity index (χ1) is 4.66. The number of hydrogen-bond acceptors (Lipinski definition) is 2. The van der Waals surface area contributed by atoms with Crippen LogP contribution in [0.25, 0.3) is 0 Å². The maximum absolute atomic E-state index is 10.0. The van der Waals surface area contributed by atoms with Gasteiger partial charge in [0.2, 0.25) is 5.91 Å². The number of hydrogen-bond donors (Lipinski definition) is 1. The first-order valence-electron chi connectivity index (χ1n) is 3.32. The molecule has 1 radical (unpaired) electrons. The van der Waals surface area contributed by atoms with Crippen molar-refractivity contribution < 1.29 is 45.2 Å². The van der Waals surface area contributed by atoms with Gasteiger partial charge in [0.05, 0.1) is 0 Å². The van der Waals surface area contributed by atoms with Gasteiger partial charge >= 0.3 is 0 Å². The van der Waals surface area contributed by atoms with Crippen molar-refractivity contribution in [3.63, 3.8) is 0 Å². The van der Waals surface area contributed by atoms with E-state index in [4.69, 9.17) is 5.73 Å². The van der Waals surface area contributed by atoms with Crippen LogP contribution in [-0.2, 0) is 9.59 Å². The van der Waals surface area contributed by atoms with Crippen molar-refractivity contribution in [1.29, 1.82) is 0 Å². The van der Waals surface area contributed by atoms with E-state index in [2.05, 4.69) is 0 Å². The number of nitrogens with two attached hydrogens (primary N) is 1. The summed E-state index contributed by atoms with van der Waals surface area (Å²) in [5.74, 6) is -0.812. The van der Waals surface area contributed by atoms with Crippen LogP contribution in [0.15, 0.2) is 0 Å². The average molecular weight is 330 g/mol. The van der Waals surface area contributed by atoms with E-state index >= 15 is 0 Å². The van der Waals surface area contributed by atoms with Crippen molar-refractivity contribution in [2.24, 2.45) is 11.7 Å². The summed E-state index contributed by atoms with van der Waals surface area (Å²) in [5.41, 5.74) is 4.75. The molecule has 0 rings (SSSR count). The molecule has 0 saturated heterocycles. The summed E-state index contributed by atoms with van der Waals surface area (Å²) in [4.78, 5) is 19.7. The van der Waals surface area contributed by atoms with Crippen LogP contribution in [-0.4, -0.2) is 12.2 Å². The SMILES string of the molecule is C.C.CC.C[C@H]([C-]=O)CC(N)=O.[CH3-].[La]. The Bertz CT molecular complexity index is 108. The van der Waals surface area contributed by atoms with Gasteiger partial charge in [-0.3, -0.25) is 11.1 Å². The molecule has 0 aromatic heterocycles. The minimum absolute atomic E-state index is 0. The predicted molar refractivity (Wildman–Crippen MR) is 59.9 cm³/mol. The largest absolute Gasteiger partial charge is 0.542 e. The molecule has 0 spiro atoms. The van der Waals surface area contributed by atoms with Gasteiger partial charge in [0, 0.05) is 42.0 Å². The first kappa shape index (κ1) is 36.7. The molecule has 14 heavy (non-hydrogen) atoms. The predicted octanol–water partition coefficient (Wildman–Crippen LogP) is 2.36. The van der Waals surface area contributed by atoms with Crippen molar-refractivity contribution in [2.45, 2.75) is 42.0 Å². The molecule has 1 amide bonds. The molecule has 2 N–H and O–H groups in total. The molecule has 0 aliphatic rings. The zero-order valence-corrected chi connectivity index (χ0v) is 11.9. The van der Waals surface area contributed by atoms with E-state index in [0.29, 0.717) is 0 Å². The Morgan fingerprint density at radius 3 is 1.71 bits per heavy atom. The van der Waals surface area contributed by atoms with E-state index in [9.17, 15) is 9.59 Å². The third kappa shape index (κ3) is 39.5. The molecule has 0 fully saturated rings. The maximum atomic E-state index is 10.0. The average Bonchev–Trinajstić information content (AvgIpc) is 1.91. The third-order valence-electron chi connectivity index (χ3n) is 0.709. The van der Waals surface area contributed by atoms with Crippen molar-refractivity contribution in [3.8, 4) is 0 Å². The Labute approximate surface area is 118 Å². The fourth-order valence-electron chi connectivity index (χ4n) is 0.343. The van der Waals surface area contributed by atoms with Crippen LogP contribution >= 0.6 is 0 Å². The second kappa shape index (κ2) is 29.2. The zero-order valence-electron chi connectivity index (χ0n) is 8.26. The van der Waals surface area contributed by atoms with Crippen molar-refractivity contribution >= 4 is 12.2 Å². The number of carbonyl (C=O) groups is 1. The molecule has 0 aliphatic carbocycles. The molecule has 4 heteroatoms. The van der Waals surface area contributed by atoms with Gasteiger partial charge in [-0.15, -0.1) is 5.92 Å². The van der Waals surface area contributed by atoms with Crippen LogP contribution < -0.4 is 5.73 Å². The van der Waals surface area contributed by atoms with Gasteiger partial charge in [0.25, 0.3) is 0 Å². The van der Waals surface area contributed by atoms with Crippen molar-refractivity contribution in [2.75, 3.05) is 0 Å². The van der Waals surface area contributed by atoms with Gasteiger partial charge in [-0.2, -0.15) is 0 Å². The topological polar surface area (TPSA) is 60.2 Å². The minimum Gasteiger partial charge on any atom is -0.542 e. The second-order valence-corrected chi connectivity index (χ2v) is 1.69. The standard InChI is InChI=1S/C5H8NO2.C2H6.2CH4.CH3.La/c1-4(3-7)2-5(6)8;1-2;;;;/h4H,2H2,1H3,(H2,6,8);1-2H3;2*1H4;1H3;/q-1;;;;-1;/t4-;;;;;/m0...../s1. The number of carbonyl (C=O) groups excluding carboxylic acids is 2. The molecular weight excluding hydrogens is 305 g/mol. The quantitative estimate of drug-likeness (QED) is 0.808. The van der Waals surface area contributed by atoms with Gasteiger partial charge in [-0.05, 0) is 0 Å². The molecule has 0 heterocycles. The van der Waals surface area contributed by atoms with E-state index in [1.807, 2.05) is 13.8 Å². The summed E-state index contributed by atoms with van der Waals surface area (Å²) in [6, 6.07) is 0. The molecule has 3 nitrogen and oxygen atoms in total. The smallest absolute Gasteiger partial charge is 0.215 e. The number of amides is 1. The molecule has 0 unspecified atom stereocenters. The van der Waals surface area contributed by atoms with Crippen LogP contribution in [0.3, 0.4) is 0 Å². The van der Waals surface area contributed by atoms with E-state index < -0.39 is 5.91 Å². The van der Waals surface area contributed by atoms with Gasteiger partial charge in [0.1, 0.15) is 0 Å². The summed E-state index contributed by atoms with van der Waals surface area (Å²) in [6.07, 6.45) is 1.75. The molecular formula is C10H25LaNO2-2. The molecule has 0 aromatic rings. The summed E-state index contributed by atoms with van der Waals surface area (Å²) in [5, 5.41) is 0. The minimum atomic E-state index is -0.458. The Balaban J connectivity index is -0.0000000250. The van der Waals surface area contributed by atoms with Gasteiger partial charge in [-0.25, -0.2) is 0 Å². The van der Waals surface area contributed by atoms with Crippen LogP contribution in [0.5, 0.6) is 0 Å². The van der Waals surface area contributed by atoms with Crippen molar-refractivity contribution in [3.05, 3.63) is 7.43 Å². The fourth-order valence-corrected chi connectivity index (χ4v) is 0.343. The van der Waals surface area contributed by atoms with Crippen LogP contribution in [0.4, 0.5) is 0 Å². The number of rotatable bonds is 3. The molecule has 1 atom stereocenters. The second-order valence-electron chi connectivity index (χ2n) is 1.69. The van der Waals surface area contributed by atoms with E-state index in [1.165, 1.54) is 0 Å². The maximum Gasteiger partial charge on any atom is 0.215 e. The Kier molecular flexibility index (Phi) is 76.5.